The molecule has 1 fully saturated rings. The van der Waals surface area contributed by atoms with E-state index in [2.05, 4.69) is 50.9 Å². The van der Waals surface area contributed by atoms with Gasteiger partial charge in [0.1, 0.15) is 0 Å². The molecule has 1 aromatic heterocycles. The Bertz CT molecular complexity index is 623. The third-order valence-corrected chi connectivity index (χ3v) is 5.61. The van der Waals surface area contributed by atoms with Gasteiger partial charge < -0.3 is 5.32 Å². The zero-order chi connectivity index (χ0) is 14.0. The Labute approximate surface area is 131 Å². The fourth-order valence-corrected chi connectivity index (χ4v) is 4.17. The Morgan fingerprint density at radius 2 is 2.10 bits per heavy atom. The highest BCUT2D eigenvalue weighted by Crippen LogP contribution is 2.43. The highest BCUT2D eigenvalue weighted by atomic mass is 79.9. The zero-order valence-corrected chi connectivity index (χ0v) is 13.4. The summed E-state index contributed by atoms with van der Waals surface area (Å²) in [5.41, 5.74) is 0.869. The first kappa shape index (κ1) is 13.8. The maximum absolute atomic E-state index is 9.51. The van der Waals surface area contributed by atoms with E-state index in [9.17, 15) is 5.26 Å². The number of rotatable bonds is 4. The topological polar surface area (TPSA) is 35.8 Å². The number of thiophene rings is 1. The lowest BCUT2D eigenvalue weighted by molar-refractivity contribution is 0.226. The second kappa shape index (κ2) is 5.69. The molecule has 0 spiro atoms. The summed E-state index contributed by atoms with van der Waals surface area (Å²) in [4.78, 5) is 1.33. The van der Waals surface area contributed by atoms with Gasteiger partial charge >= 0.3 is 0 Å². The Hall–Kier alpha value is -1.15. The normalized spacial score (nSPS) is 24.9. The smallest absolute Gasteiger partial charge is 0.0852 e. The first-order chi connectivity index (χ1) is 9.72. The molecule has 1 heterocycles. The van der Waals surface area contributed by atoms with Crippen LogP contribution in [0.4, 0.5) is 0 Å². The number of nitrogens with one attached hydrogen (secondary N) is 1. The average molecular weight is 347 g/mol. The summed E-state index contributed by atoms with van der Waals surface area (Å²) in [7, 11) is 0. The van der Waals surface area contributed by atoms with Crippen LogP contribution in [0.3, 0.4) is 0 Å². The van der Waals surface area contributed by atoms with Gasteiger partial charge in [0.2, 0.25) is 0 Å². The van der Waals surface area contributed by atoms with Crippen LogP contribution < -0.4 is 5.32 Å². The van der Waals surface area contributed by atoms with Crippen LogP contribution in [0, 0.1) is 11.3 Å². The third kappa shape index (κ3) is 2.67. The number of halogens is 1. The Balaban J connectivity index is 1.58. The van der Waals surface area contributed by atoms with Gasteiger partial charge in [-0.1, -0.05) is 30.3 Å². The van der Waals surface area contributed by atoms with Crippen LogP contribution in [0.5, 0.6) is 0 Å². The van der Waals surface area contributed by atoms with Gasteiger partial charge in [-0.05, 0) is 40.4 Å². The van der Waals surface area contributed by atoms with Crippen LogP contribution in [-0.4, -0.2) is 6.04 Å². The summed E-state index contributed by atoms with van der Waals surface area (Å²) >= 11 is 5.22. The summed E-state index contributed by atoms with van der Waals surface area (Å²) in [6.07, 6.45) is 1.81. The highest BCUT2D eigenvalue weighted by Gasteiger charge is 2.45. The molecule has 20 heavy (non-hydrogen) atoms. The molecule has 1 aliphatic rings. The van der Waals surface area contributed by atoms with Crippen molar-refractivity contribution in [2.24, 2.45) is 0 Å². The molecule has 2 aromatic rings. The van der Waals surface area contributed by atoms with Crippen molar-refractivity contribution < 1.29 is 0 Å². The Morgan fingerprint density at radius 3 is 2.70 bits per heavy atom. The van der Waals surface area contributed by atoms with Crippen molar-refractivity contribution in [2.75, 3.05) is 0 Å². The van der Waals surface area contributed by atoms with E-state index in [1.165, 1.54) is 4.88 Å². The summed E-state index contributed by atoms with van der Waals surface area (Å²) < 4.78 is 1.14. The van der Waals surface area contributed by atoms with Gasteiger partial charge in [0.25, 0.3) is 0 Å². The molecule has 102 valence electrons. The summed E-state index contributed by atoms with van der Waals surface area (Å²) in [6, 6.07) is 15.3. The number of nitriles is 1. The van der Waals surface area contributed by atoms with E-state index in [0.717, 1.165) is 29.4 Å². The van der Waals surface area contributed by atoms with E-state index >= 15 is 0 Å². The van der Waals surface area contributed by atoms with Crippen LogP contribution in [0.15, 0.2) is 46.3 Å². The molecular weight excluding hydrogens is 332 g/mol. The van der Waals surface area contributed by atoms with Gasteiger partial charge in [-0.25, -0.2) is 0 Å². The van der Waals surface area contributed by atoms with Crippen LogP contribution in [-0.2, 0) is 12.0 Å². The van der Waals surface area contributed by atoms with E-state index in [1.54, 1.807) is 11.3 Å². The lowest BCUT2D eigenvalue weighted by Crippen LogP contribution is -2.50. The molecule has 3 rings (SSSR count). The molecule has 0 amide bonds. The summed E-state index contributed by atoms with van der Waals surface area (Å²) in [5.74, 6) is 0. The summed E-state index contributed by atoms with van der Waals surface area (Å²) in [6.45, 7) is 0.886. The predicted octanol–water partition coefficient (Wildman–Crippen LogP) is 4.22. The maximum atomic E-state index is 9.51. The predicted molar refractivity (Wildman–Crippen MR) is 85.6 cm³/mol. The number of hydrogen-bond acceptors (Lipinski definition) is 3. The average Bonchev–Trinajstić information content (AvgIpc) is 2.85. The molecule has 1 saturated carbocycles. The lowest BCUT2D eigenvalue weighted by atomic mass is 9.62. The van der Waals surface area contributed by atoms with Crippen molar-refractivity contribution >= 4 is 27.3 Å². The van der Waals surface area contributed by atoms with E-state index in [-0.39, 0.29) is 5.41 Å². The van der Waals surface area contributed by atoms with Crippen molar-refractivity contribution in [2.45, 2.75) is 30.8 Å². The third-order valence-electron chi connectivity index (χ3n) is 3.92. The number of nitrogens with zero attached hydrogens (tertiary/aromatic N) is 1. The van der Waals surface area contributed by atoms with Crippen molar-refractivity contribution in [1.29, 1.82) is 5.26 Å². The molecule has 1 aromatic carbocycles. The molecule has 0 bridgehead atoms. The Kier molecular flexibility index (Phi) is 3.93. The van der Waals surface area contributed by atoms with Gasteiger partial charge in [0, 0.05) is 27.3 Å². The van der Waals surface area contributed by atoms with Gasteiger partial charge in [0.15, 0.2) is 0 Å². The fourth-order valence-electron chi connectivity index (χ4n) is 2.77. The molecule has 0 radical (unpaired) electrons. The molecule has 1 N–H and O–H groups in total. The highest BCUT2D eigenvalue weighted by molar-refractivity contribution is 9.10. The SMILES string of the molecule is N#CC1(c2ccccc2)CC(NCc2cc(Br)cs2)C1. The van der Waals surface area contributed by atoms with Crippen LogP contribution in [0.25, 0.3) is 0 Å². The maximum Gasteiger partial charge on any atom is 0.0852 e. The van der Waals surface area contributed by atoms with Crippen molar-refractivity contribution in [3.63, 3.8) is 0 Å². The van der Waals surface area contributed by atoms with Crippen molar-refractivity contribution in [1.82, 2.24) is 5.32 Å². The van der Waals surface area contributed by atoms with E-state index in [4.69, 9.17) is 0 Å². The summed E-state index contributed by atoms with van der Waals surface area (Å²) in [5, 5.41) is 15.2. The van der Waals surface area contributed by atoms with Gasteiger partial charge in [-0.3, -0.25) is 0 Å². The number of benzene rings is 1. The number of hydrogen-bond donors (Lipinski definition) is 1. The molecular formula is C16H15BrN2S. The second-order valence-electron chi connectivity index (χ2n) is 5.28. The van der Waals surface area contributed by atoms with Crippen LogP contribution >= 0.6 is 27.3 Å². The zero-order valence-electron chi connectivity index (χ0n) is 11.0. The molecule has 0 saturated heterocycles. The minimum Gasteiger partial charge on any atom is -0.309 e. The Morgan fingerprint density at radius 1 is 1.35 bits per heavy atom. The van der Waals surface area contributed by atoms with Crippen LogP contribution in [0.1, 0.15) is 23.3 Å². The van der Waals surface area contributed by atoms with Gasteiger partial charge in [-0.15, -0.1) is 11.3 Å². The standard InChI is InChI=1S/C16H15BrN2S/c17-13-6-15(20-10-13)9-19-14-7-16(8-14,11-18)12-4-2-1-3-5-12/h1-6,10,14,19H,7-9H2. The molecule has 4 heteroatoms. The van der Waals surface area contributed by atoms with E-state index in [1.807, 2.05) is 18.2 Å². The molecule has 0 unspecified atom stereocenters. The fraction of sp³-hybridized carbons (Fsp3) is 0.312. The first-order valence-electron chi connectivity index (χ1n) is 6.65. The molecule has 2 nitrogen and oxygen atoms in total. The van der Waals surface area contributed by atoms with E-state index < -0.39 is 0 Å². The first-order valence-corrected chi connectivity index (χ1v) is 8.32. The van der Waals surface area contributed by atoms with Crippen molar-refractivity contribution in [3.05, 3.63) is 56.7 Å². The van der Waals surface area contributed by atoms with Gasteiger partial charge in [0.05, 0.1) is 11.5 Å². The molecule has 1 aliphatic carbocycles. The minimum atomic E-state index is -0.283. The largest absolute Gasteiger partial charge is 0.309 e. The molecule has 0 atom stereocenters. The van der Waals surface area contributed by atoms with Crippen LogP contribution in [0.2, 0.25) is 0 Å². The lowest BCUT2D eigenvalue weighted by Gasteiger charge is -2.43. The quantitative estimate of drug-likeness (QED) is 0.899. The van der Waals surface area contributed by atoms with Crippen molar-refractivity contribution in [3.8, 4) is 6.07 Å². The van der Waals surface area contributed by atoms with Gasteiger partial charge in [-0.2, -0.15) is 5.26 Å². The second-order valence-corrected chi connectivity index (χ2v) is 7.19. The minimum absolute atomic E-state index is 0.283. The van der Waals surface area contributed by atoms with E-state index in [0.29, 0.717) is 6.04 Å². The molecule has 0 aliphatic heterocycles. The monoisotopic (exact) mass is 346 g/mol.